The van der Waals surface area contributed by atoms with Crippen molar-refractivity contribution in [2.24, 2.45) is 11.8 Å². The van der Waals surface area contributed by atoms with Crippen molar-refractivity contribution in [3.05, 3.63) is 0 Å². The van der Waals surface area contributed by atoms with Crippen LogP contribution in [0.5, 0.6) is 0 Å². The van der Waals surface area contributed by atoms with Crippen LogP contribution < -0.4 is 10.6 Å². The monoisotopic (exact) mass is 280 g/mol. The summed E-state index contributed by atoms with van der Waals surface area (Å²) in [5, 5.41) is 5.68. The quantitative estimate of drug-likeness (QED) is 0.682. The van der Waals surface area contributed by atoms with Crippen LogP contribution in [0.3, 0.4) is 0 Å². The van der Waals surface area contributed by atoms with Gasteiger partial charge in [-0.2, -0.15) is 0 Å². The van der Waals surface area contributed by atoms with E-state index in [0.717, 1.165) is 6.42 Å². The lowest BCUT2D eigenvalue weighted by Gasteiger charge is -2.23. The number of hydrogen-bond donors (Lipinski definition) is 2. The van der Waals surface area contributed by atoms with Gasteiger partial charge < -0.3 is 15.4 Å². The predicted molar refractivity (Wildman–Crippen MR) is 73.7 cm³/mol. The molecule has 0 fully saturated rings. The third kappa shape index (κ3) is 6.21. The molecule has 0 aromatic rings. The van der Waals surface area contributed by atoms with Crippen LogP contribution in [-0.2, 0) is 14.3 Å². The summed E-state index contributed by atoms with van der Waals surface area (Å²) in [6.07, 6.45) is 0.806. The number of halogens is 1. The van der Waals surface area contributed by atoms with Gasteiger partial charge in [-0.1, -0.05) is 27.2 Å². The molecule has 0 rings (SSSR count). The first kappa shape index (κ1) is 19.5. The first-order valence-electron chi connectivity index (χ1n) is 6.00. The highest BCUT2D eigenvalue weighted by molar-refractivity contribution is 5.86. The highest BCUT2D eigenvalue weighted by Crippen LogP contribution is 2.10. The number of rotatable bonds is 7. The molecule has 0 radical (unpaired) electrons. The molecule has 0 aliphatic carbocycles. The van der Waals surface area contributed by atoms with E-state index < -0.39 is 6.04 Å². The smallest absolute Gasteiger partial charge is 0.328 e. The van der Waals surface area contributed by atoms with Crippen LogP contribution in [0.2, 0.25) is 0 Å². The molecule has 1 amide bonds. The lowest BCUT2D eigenvalue weighted by Crippen LogP contribution is -2.48. The Hall–Kier alpha value is -0.810. The maximum Gasteiger partial charge on any atom is 0.328 e. The van der Waals surface area contributed by atoms with Gasteiger partial charge in [0.1, 0.15) is 6.04 Å². The van der Waals surface area contributed by atoms with Crippen molar-refractivity contribution in [2.45, 2.75) is 33.2 Å². The third-order valence-corrected chi connectivity index (χ3v) is 2.92. The molecule has 5 nitrogen and oxygen atoms in total. The van der Waals surface area contributed by atoms with Crippen LogP contribution in [0.4, 0.5) is 0 Å². The Balaban J connectivity index is 0. The largest absolute Gasteiger partial charge is 0.467 e. The maximum absolute atomic E-state index is 11.8. The predicted octanol–water partition coefficient (Wildman–Crippen LogP) is 0.968. The summed E-state index contributed by atoms with van der Waals surface area (Å²) in [6, 6.07) is -0.559. The second kappa shape index (κ2) is 10.1. The summed E-state index contributed by atoms with van der Waals surface area (Å²) in [5.74, 6) is -0.621. The Morgan fingerprint density at radius 2 is 1.83 bits per heavy atom. The van der Waals surface area contributed by atoms with Gasteiger partial charge in [0, 0.05) is 12.5 Å². The lowest BCUT2D eigenvalue weighted by molar-refractivity contribution is -0.147. The van der Waals surface area contributed by atoms with Gasteiger partial charge in [0.25, 0.3) is 0 Å². The Morgan fingerprint density at radius 3 is 2.22 bits per heavy atom. The van der Waals surface area contributed by atoms with Crippen LogP contribution in [0.15, 0.2) is 0 Å². The van der Waals surface area contributed by atoms with Crippen LogP contribution in [0.1, 0.15) is 27.2 Å². The van der Waals surface area contributed by atoms with E-state index in [-0.39, 0.29) is 36.1 Å². The molecule has 0 aromatic carbocycles. The molecule has 108 valence electrons. The molecule has 0 spiro atoms. The van der Waals surface area contributed by atoms with Crippen LogP contribution >= 0.6 is 12.4 Å². The zero-order valence-electron chi connectivity index (χ0n) is 11.8. The minimum atomic E-state index is -0.559. The second-order valence-corrected chi connectivity index (χ2v) is 4.35. The molecule has 0 bridgehead atoms. The van der Waals surface area contributed by atoms with E-state index in [1.54, 1.807) is 7.05 Å². The summed E-state index contributed by atoms with van der Waals surface area (Å²) in [7, 11) is 3.12. The van der Waals surface area contributed by atoms with Crippen molar-refractivity contribution >= 4 is 24.3 Å². The Bertz CT molecular complexity index is 262. The number of carbonyl (C=O) groups excluding carboxylic acids is 2. The van der Waals surface area contributed by atoms with Gasteiger partial charge in [0.05, 0.1) is 7.11 Å². The molecule has 0 saturated heterocycles. The van der Waals surface area contributed by atoms with Gasteiger partial charge in [-0.25, -0.2) is 4.79 Å². The molecule has 1 unspecified atom stereocenters. The number of carbonyl (C=O) groups is 2. The lowest BCUT2D eigenvalue weighted by atomic mass is 9.98. The Kier molecular flexibility index (Phi) is 11.0. The second-order valence-electron chi connectivity index (χ2n) is 4.35. The first-order valence-corrected chi connectivity index (χ1v) is 6.00. The fraction of sp³-hybridized carbons (Fsp3) is 0.833. The minimum absolute atomic E-state index is 0. The summed E-state index contributed by atoms with van der Waals surface area (Å²) in [5.41, 5.74) is 0. The molecule has 2 N–H and O–H groups in total. The third-order valence-electron chi connectivity index (χ3n) is 2.92. The summed E-state index contributed by atoms with van der Waals surface area (Å²) in [6.45, 7) is 6.30. The Labute approximate surface area is 115 Å². The van der Waals surface area contributed by atoms with Crippen molar-refractivity contribution in [3.63, 3.8) is 0 Å². The van der Waals surface area contributed by atoms with Crippen molar-refractivity contribution in [1.82, 2.24) is 10.6 Å². The standard InChI is InChI=1S/C12H24N2O3.ClH/c1-6-8(2)10(12(16)17-5)14-11(15)9(3)7-13-4;/h8-10,13H,6-7H2,1-5H3,(H,14,15);1H/t8-,9?,10-;/m0./s1. The van der Waals surface area contributed by atoms with E-state index in [4.69, 9.17) is 4.74 Å². The molecule has 0 saturated carbocycles. The van der Waals surface area contributed by atoms with E-state index in [1.807, 2.05) is 20.8 Å². The van der Waals surface area contributed by atoms with E-state index in [2.05, 4.69) is 10.6 Å². The number of nitrogens with one attached hydrogen (secondary N) is 2. The SMILES string of the molecule is CC[C@H](C)[C@H](NC(=O)C(C)CNC)C(=O)OC.Cl. The van der Waals surface area contributed by atoms with E-state index in [9.17, 15) is 9.59 Å². The van der Waals surface area contributed by atoms with Crippen molar-refractivity contribution in [2.75, 3.05) is 20.7 Å². The normalized spacial score (nSPS) is 14.9. The average molecular weight is 281 g/mol. The van der Waals surface area contributed by atoms with Crippen LogP contribution in [0.25, 0.3) is 0 Å². The molecular formula is C12H25ClN2O3. The molecule has 0 aliphatic rings. The van der Waals surface area contributed by atoms with Gasteiger partial charge in [-0.15, -0.1) is 12.4 Å². The molecule has 0 aromatic heterocycles. The van der Waals surface area contributed by atoms with Gasteiger partial charge in [0.2, 0.25) is 5.91 Å². The molecular weight excluding hydrogens is 256 g/mol. The summed E-state index contributed by atoms with van der Waals surface area (Å²) in [4.78, 5) is 23.4. The number of esters is 1. The fourth-order valence-electron chi connectivity index (χ4n) is 1.49. The molecule has 0 aliphatic heterocycles. The molecule has 6 heteroatoms. The molecule has 18 heavy (non-hydrogen) atoms. The molecule has 3 atom stereocenters. The van der Waals surface area contributed by atoms with Crippen LogP contribution in [0, 0.1) is 11.8 Å². The topological polar surface area (TPSA) is 67.4 Å². The minimum Gasteiger partial charge on any atom is -0.467 e. The number of ether oxygens (including phenoxy) is 1. The summed E-state index contributed by atoms with van der Waals surface area (Å²) >= 11 is 0. The van der Waals surface area contributed by atoms with E-state index in [0.29, 0.717) is 6.54 Å². The molecule has 0 heterocycles. The van der Waals surface area contributed by atoms with Gasteiger partial charge in [-0.05, 0) is 13.0 Å². The highest BCUT2D eigenvalue weighted by atomic mass is 35.5. The highest BCUT2D eigenvalue weighted by Gasteiger charge is 2.27. The van der Waals surface area contributed by atoms with E-state index >= 15 is 0 Å². The number of methoxy groups -OCH3 is 1. The summed E-state index contributed by atoms with van der Waals surface area (Å²) < 4.78 is 4.71. The number of hydrogen-bond acceptors (Lipinski definition) is 4. The van der Waals surface area contributed by atoms with Crippen LogP contribution in [-0.4, -0.2) is 38.6 Å². The number of amides is 1. The zero-order chi connectivity index (χ0) is 13.4. The fourth-order valence-corrected chi connectivity index (χ4v) is 1.49. The first-order chi connectivity index (χ1) is 7.97. The Morgan fingerprint density at radius 1 is 1.28 bits per heavy atom. The van der Waals surface area contributed by atoms with Crippen molar-refractivity contribution in [1.29, 1.82) is 0 Å². The van der Waals surface area contributed by atoms with Crippen molar-refractivity contribution < 1.29 is 14.3 Å². The van der Waals surface area contributed by atoms with Gasteiger partial charge >= 0.3 is 5.97 Å². The van der Waals surface area contributed by atoms with E-state index in [1.165, 1.54) is 7.11 Å². The van der Waals surface area contributed by atoms with Gasteiger partial charge in [-0.3, -0.25) is 4.79 Å². The van der Waals surface area contributed by atoms with Gasteiger partial charge in [0.15, 0.2) is 0 Å². The maximum atomic E-state index is 11.8. The van der Waals surface area contributed by atoms with Crippen molar-refractivity contribution in [3.8, 4) is 0 Å². The average Bonchev–Trinajstić information content (AvgIpc) is 2.33. The zero-order valence-corrected chi connectivity index (χ0v) is 12.6.